The number of carbonyl (C=O) groups is 1. The van der Waals surface area contributed by atoms with Gasteiger partial charge in [-0.1, -0.05) is 6.07 Å². The third kappa shape index (κ3) is 4.23. The average Bonchev–Trinajstić information content (AvgIpc) is 3.09. The molecule has 0 saturated carbocycles. The van der Waals surface area contributed by atoms with Crippen LogP contribution < -0.4 is 0 Å². The van der Waals surface area contributed by atoms with Crippen LogP contribution in [0.1, 0.15) is 37.1 Å². The number of hydrogen-bond donors (Lipinski definition) is 1. The summed E-state index contributed by atoms with van der Waals surface area (Å²) in [6.45, 7) is 7.02. The quantitative estimate of drug-likeness (QED) is 0.882. The van der Waals surface area contributed by atoms with Crippen molar-refractivity contribution in [1.82, 2.24) is 24.7 Å². The number of fused-ring (bicyclic) bond motifs is 1. The van der Waals surface area contributed by atoms with E-state index in [1.165, 1.54) is 31.5 Å². The number of amides is 1. The van der Waals surface area contributed by atoms with Gasteiger partial charge in [-0.05, 0) is 77.0 Å². The van der Waals surface area contributed by atoms with Crippen molar-refractivity contribution in [2.75, 3.05) is 40.3 Å². The minimum atomic E-state index is 0.116. The molecule has 2 aliphatic heterocycles. The lowest BCUT2D eigenvalue weighted by Gasteiger charge is -2.41. The van der Waals surface area contributed by atoms with Gasteiger partial charge in [0.05, 0.1) is 23.5 Å². The second-order valence-corrected chi connectivity index (χ2v) is 8.77. The molecule has 0 aliphatic carbocycles. The third-order valence-electron chi connectivity index (χ3n) is 6.46. The van der Waals surface area contributed by atoms with Crippen LogP contribution in [-0.2, 0) is 11.3 Å². The summed E-state index contributed by atoms with van der Waals surface area (Å²) in [5, 5.41) is 0. The molecule has 6 heteroatoms. The molecule has 6 nitrogen and oxygen atoms in total. The molecule has 2 saturated heterocycles. The summed E-state index contributed by atoms with van der Waals surface area (Å²) >= 11 is 0. The normalized spacial score (nSPS) is 22.6. The van der Waals surface area contributed by atoms with Crippen LogP contribution >= 0.6 is 0 Å². The predicted molar refractivity (Wildman–Crippen MR) is 112 cm³/mol. The Bertz CT molecular complexity index is 823. The molecule has 1 N–H and O–H groups in total. The summed E-state index contributed by atoms with van der Waals surface area (Å²) in [5.41, 5.74) is 3.22. The van der Waals surface area contributed by atoms with Gasteiger partial charge in [0.1, 0.15) is 5.82 Å². The van der Waals surface area contributed by atoms with E-state index in [1.54, 1.807) is 0 Å². The average molecular weight is 384 g/mol. The Hall–Kier alpha value is -1.92. The minimum Gasteiger partial charge on any atom is -0.340 e. The smallest absolute Gasteiger partial charge is 0.227 e. The Kier molecular flexibility index (Phi) is 5.69. The van der Waals surface area contributed by atoms with Gasteiger partial charge in [-0.15, -0.1) is 0 Å². The molecule has 1 amide bonds. The van der Waals surface area contributed by atoms with Crippen LogP contribution in [0.5, 0.6) is 0 Å². The first-order valence-corrected chi connectivity index (χ1v) is 10.6. The van der Waals surface area contributed by atoms with Gasteiger partial charge in [0.25, 0.3) is 0 Å². The molecular weight excluding hydrogens is 350 g/mol. The number of H-pyrrole nitrogens is 1. The van der Waals surface area contributed by atoms with E-state index in [-0.39, 0.29) is 11.8 Å². The van der Waals surface area contributed by atoms with Crippen molar-refractivity contribution in [3.8, 4) is 0 Å². The molecule has 2 aliphatic rings. The van der Waals surface area contributed by atoms with E-state index in [9.17, 15) is 4.79 Å². The van der Waals surface area contributed by atoms with Crippen LogP contribution in [0, 0.1) is 12.8 Å². The van der Waals surface area contributed by atoms with Crippen LogP contribution in [0.4, 0.5) is 0 Å². The number of aromatic nitrogens is 2. The van der Waals surface area contributed by atoms with Crippen LogP contribution in [0.2, 0.25) is 0 Å². The van der Waals surface area contributed by atoms with E-state index >= 15 is 0 Å². The SMILES string of the molecule is Cc1ccc2nc(CN(C)C(=O)C3CCCN(C4CCN(C)CC4)C3)[nH]c2c1. The van der Waals surface area contributed by atoms with Crippen molar-refractivity contribution in [2.24, 2.45) is 5.92 Å². The van der Waals surface area contributed by atoms with E-state index in [1.807, 2.05) is 18.0 Å². The van der Waals surface area contributed by atoms with Crippen LogP contribution in [-0.4, -0.2) is 76.9 Å². The van der Waals surface area contributed by atoms with Crippen LogP contribution in [0.3, 0.4) is 0 Å². The Morgan fingerprint density at radius 2 is 2.04 bits per heavy atom. The standard InChI is InChI=1S/C22H33N5O/c1-16-6-7-19-20(13-16)24-21(23-19)15-26(3)22(28)17-5-4-10-27(14-17)18-8-11-25(2)12-9-18/h6-7,13,17-18H,4-5,8-12,14-15H2,1-3H3,(H,23,24). The lowest BCUT2D eigenvalue weighted by Crippen LogP contribution is -2.50. The summed E-state index contributed by atoms with van der Waals surface area (Å²) in [6.07, 6.45) is 4.59. The molecule has 1 unspecified atom stereocenters. The molecule has 1 aromatic carbocycles. The third-order valence-corrected chi connectivity index (χ3v) is 6.46. The zero-order chi connectivity index (χ0) is 19.7. The van der Waals surface area contributed by atoms with Gasteiger partial charge >= 0.3 is 0 Å². The largest absolute Gasteiger partial charge is 0.340 e. The van der Waals surface area contributed by atoms with Crippen molar-refractivity contribution >= 4 is 16.9 Å². The zero-order valence-corrected chi connectivity index (χ0v) is 17.4. The highest BCUT2D eigenvalue weighted by atomic mass is 16.2. The molecular formula is C22H33N5O. The Morgan fingerprint density at radius 1 is 1.25 bits per heavy atom. The molecule has 152 valence electrons. The fourth-order valence-electron chi connectivity index (χ4n) is 4.77. The molecule has 1 atom stereocenters. The van der Waals surface area contributed by atoms with E-state index < -0.39 is 0 Å². The minimum absolute atomic E-state index is 0.116. The highest BCUT2D eigenvalue weighted by Gasteiger charge is 2.32. The first-order chi connectivity index (χ1) is 13.5. The second-order valence-electron chi connectivity index (χ2n) is 8.77. The second kappa shape index (κ2) is 8.21. The number of aryl methyl sites for hydroxylation is 1. The number of piperidine rings is 2. The highest BCUT2D eigenvalue weighted by molar-refractivity contribution is 5.79. The molecule has 2 aromatic rings. The number of imidazole rings is 1. The fourth-order valence-corrected chi connectivity index (χ4v) is 4.77. The Morgan fingerprint density at radius 3 is 2.82 bits per heavy atom. The predicted octanol–water partition coefficient (Wildman–Crippen LogP) is 2.64. The molecule has 1 aromatic heterocycles. The molecule has 2 fully saturated rings. The Labute approximate surface area is 167 Å². The summed E-state index contributed by atoms with van der Waals surface area (Å²) in [7, 11) is 4.11. The van der Waals surface area contributed by atoms with E-state index in [0.29, 0.717) is 12.6 Å². The van der Waals surface area contributed by atoms with Gasteiger partial charge in [0, 0.05) is 19.6 Å². The van der Waals surface area contributed by atoms with Crippen molar-refractivity contribution < 1.29 is 4.79 Å². The maximum atomic E-state index is 13.1. The summed E-state index contributed by atoms with van der Waals surface area (Å²) in [6, 6.07) is 6.86. The summed E-state index contributed by atoms with van der Waals surface area (Å²) in [4.78, 5) is 28.0. The number of nitrogens with zero attached hydrogens (tertiary/aromatic N) is 4. The topological polar surface area (TPSA) is 55.5 Å². The molecule has 4 rings (SSSR count). The lowest BCUT2D eigenvalue weighted by atomic mass is 9.93. The van der Waals surface area contributed by atoms with Crippen molar-refractivity contribution in [2.45, 2.75) is 45.2 Å². The number of carbonyl (C=O) groups excluding carboxylic acids is 1. The van der Waals surface area contributed by atoms with Crippen molar-refractivity contribution in [3.63, 3.8) is 0 Å². The Balaban J connectivity index is 1.37. The zero-order valence-electron chi connectivity index (χ0n) is 17.4. The van der Waals surface area contributed by atoms with Gasteiger partial charge in [0.2, 0.25) is 5.91 Å². The van der Waals surface area contributed by atoms with E-state index in [4.69, 9.17) is 0 Å². The van der Waals surface area contributed by atoms with Gasteiger partial charge in [0.15, 0.2) is 0 Å². The lowest BCUT2D eigenvalue weighted by molar-refractivity contribution is -0.137. The molecule has 0 spiro atoms. The van der Waals surface area contributed by atoms with Crippen molar-refractivity contribution in [1.29, 1.82) is 0 Å². The first kappa shape index (κ1) is 19.4. The monoisotopic (exact) mass is 383 g/mol. The number of benzene rings is 1. The first-order valence-electron chi connectivity index (χ1n) is 10.6. The van der Waals surface area contributed by atoms with Crippen LogP contribution in [0.25, 0.3) is 11.0 Å². The molecule has 0 radical (unpaired) electrons. The molecule has 0 bridgehead atoms. The number of hydrogen-bond acceptors (Lipinski definition) is 4. The highest BCUT2D eigenvalue weighted by Crippen LogP contribution is 2.25. The number of rotatable bonds is 4. The number of nitrogens with one attached hydrogen (secondary N) is 1. The van der Waals surface area contributed by atoms with Crippen LogP contribution in [0.15, 0.2) is 18.2 Å². The number of likely N-dealkylation sites (tertiary alicyclic amines) is 2. The van der Waals surface area contributed by atoms with E-state index in [2.05, 4.69) is 45.9 Å². The molecule has 28 heavy (non-hydrogen) atoms. The maximum Gasteiger partial charge on any atom is 0.227 e. The van der Waals surface area contributed by atoms with Crippen molar-refractivity contribution in [3.05, 3.63) is 29.6 Å². The summed E-state index contributed by atoms with van der Waals surface area (Å²) in [5.74, 6) is 1.23. The summed E-state index contributed by atoms with van der Waals surface area (Å²) < 4.78 is 0. The fraction of sp³-hybridized carbons (Fsp3) is 0.636. The van der Waals surface area contributed by atoms with Gasteiger partial charge in [-0.2, -0.15) is 0 Å². The van der Waals surface area contributed by atoms with E-state index in [0.717, 1.165) is 42.8 Å². The van der Waals surface area contributed by atoms with Gasteiger partial charge in [-0.25, -0.2) is 4.98 Å². The van der Waals surface area contributed by atoms with Gasteiger partial charge < -0.3 is 14.8 Å². The number of aromatic amines is 1. The maximum absolute atomic E-state index is 13.1. The van der Waals surface area contributed by atoms with Gasteiger partial charge in [-0.3, -0.25) is 9.69 Å². The molecule has 3 heterocycles.